The van der Waals surface area contributed by atoms with E-state index in [0.29, 0.717) is 24.7 Å². The number of carbonyl (C=O) groups is 1. The van der Waals surface area contributed by atoms with E-state index < -0.39 is 0 Å². The Labute approximate surface area is 233 Å². The second-order valence-corrected chi connectivity index (χ2v) is 10.8. The molecular weight excluding hydrogens is 504 g/mol. The quantitative estimate of drug-likeness (QED) is 0.245. The van der Waals surface area contributed by atoms with Gasteiger partial charge in [-0.2, -0.15) is 5.10 Å². The molecule has 9 nitrogen and oxygen atoms in total. The highest BCUT2D eigenvalue weighted by Gasteiger charge is 2.22. The van der Waals surface area contributed by atoms with Crippen molar-refractivity contribution >= 4 is 28.3 Å². The summed E-state index contributed by atoms with van der Waals surface area (Å²) in [4.78, 5) is 17.6. The number of anilines is 2. The van der Waals surface area contributed by atoms with Crippen LogP contribution in [0.25, 0.3) is 16.5 Å². The van der Waals surface area contributed by atoms with Crippen LogP contribution in [-0.2, 0) is 5.41 Å². The van der Waals surface area contributed by atoms with Crippen LogP contribution in [0.2, 0.25) is 0 Å². The van der Waals surface area contributed by atoms with E-state index in [1.54, 1.807) is 17.1 Å². The van der Waals surface area contributed by atoms with E-state index in [1.165, 1.54) is 0 Å². The average molecular weight is 539 g/mol. The summed E-state index contributed by atoms with van der Waals surface area (Å²) >= 11 is 0. The molecule has 3 heterocycles. The van der Waals surface area contributed by atoms with Gasteiger partial charge in [0.25, 0.3) is 0 Å². The first kappa shape index (κ1) is 27.0. The summed E-state index contributed by atoms with van der Waals surface area (Å²) in [6.07, 6.45) is 7.96. The van der Waals surface area contributed by atoms with Crippen molar-refractivity contribution in [2.24, 2.45) is 0 Å². The maximum Gasteiger partial charge on any atom is 0.324 e. The molecule has 0 radical (unpaired) electrons. The zero-order chi connectivity index (χ0) is 28.3. The lowest BCUT2D eigenvalue weighted by Crippen LogP contribution is -2.21. The second-order valence-electron chi connectivity index (χ2n) is 10.8. The minimum absolute atomic E-state index is 0.203. The number of fused-ring (bicyclic) bond motifs is 1. The standard InChI is InChI=1S/C31H34N6O3/c1-21-9-10-23(20-32-21)37-29(19-28(35-37)31(2,3)4)34-30(38)33-26-11-12-27(25-8-6-5-7-24(25)26)40-18-15-22-13-16-36(39)17-14-22/h5-14,16,19-20,39H,15,17-18H2,1-4H3,(H2,33,34,38). The van der Waals surface area contributed by atoms with Crippen molar-refractivity contribution < 1.29 is 14.7 Å². The molecule has 0 spiro atoms. The van der Waals surface area contributed by atoms with Gasteiger partial charge in [-0.1, -0.05) is 51.1 Å². The number of hydrogen-bond acceptors (Lipinski definition) is 6. The zero-order valence-corrected chi connectivity index (χ0v) is 23.2. The third kappa shape index (κ3) is 6.16. The van der Waals surface area contributed by atoms with Gasteiger partial charge < -0.3 is 10.1 Å². The first-order chi connectivity index (χ1) is 19.2. The van der Waals surface area contributed by atoms with Gasteiger partial charge in [-0.05, 0) is 42.8 Å². The number of carbonyl (C=O) groups excluding carboxylic acids is 1. The second kappa shape index (κ2) is 11.2. The molecule has 1 aliphatic heterocycles. The van der Waals surface area contributed by atoms with Crippen molar-refractivity contribution in [3.8, 4) is 11.4 Å². The molecule has 2 aromatic carbocycles. The molecule has 2 amide bonds. The molecule has 0 atom stereocenters. The van der Waals surface area contributed by atoms with Gasteiger partial charge in [0.2, 0.25) is 0 Å². The van der Waals surface area contributed by atoms with Crippen LogP contribution in [-0.4, -0.2) is 44.2 Å². The number of ether oxygens (including phenoxy) is 1. The van der Waals surface area contributed by atoms with E-state index in [1.807, 2.05) is 73.7 Å². The molecule has 2 aromatic heterocycles. The Balaban J connectivity index is 1.33. The van der Waals surface area contributed by atoms with E-state index in [0.717, 1.165) is 50.7 Å². The Morgan fingerprint density at radius 1 is 1.07 bits per heavy atom. The third-order valence-corrected chi connectivity index (χ3v) is 6.64. The van der Waals surface area contributed by atoms with Crippen LogP contribution in [0.4, 0.5) is 16.3 Å². The Bertz CT molecular complexity index is 1580. The van der Waals surface area contributed by atoms with Crippen molar-refractivity contribution in [3.63, 3.8) is 0 Å². The van der Waals surface area contributed by atoms with Crippen molar-refractivity contribution in [3.05, 3.63) is 96.1 Å². The van der Waals surface area contributed by atoms with Crippen LogP contribution in [0, 0.1) is 6.92 Å². The number of amides is 2. The van der Waals surface area contributed by atoms with Gasteiger partial charge >= 0.3 is 6.03 Å². The number of hydroxylamine groups is 2. The lowest BCUT2D eigenvalue weighted by atomic mass is 9.92. The average Bonchev–Trinajstić information content (AvgIpc) is 3.35. The predicted octanol–water partition coefficient (Wildman–Crippen LogP) is 6.58. The first-order valence-electron chi connectivity index (χ1n) is 13.3. The van der Waals surface area contributed by atoms with Crippen LogP contribution in [0.15, 0.2) is 84.7 Å². The summed E-state index contributed by atoms with van der Waals surface area (Å²) in [6.45, 7) is 9.13. The molecule has 0 aliphatic carbocycles. The van der Waals surface area contributed by atoms with Crippen molar-refractivity contribution in [2.45, 2.75) is 39.5 Å². The van der Waals surface area contributed by atoms with Gasteiger partial charge in [0.15, 0.2) is 0 Å². The smallest absolute Gasteiger partial charge is 0.324 e. The van der Waals surface area contributed by atoms with Gasteiger partial charge in [0, 0.05) is 40.6 Å². The molecular formula is C31H34N6O3. The number of benzene rings is 2. The monoisotopic (exact) mass is 538 g/mol. The summed E-state index contributed by atoms with van der Waals surface area (Å²) < 4.78 is 7.82. The van der Waals surface area contributed by atoms with Crippen LogP contribution in [0.1, 0.15) is 38.6 Å². The summed E-state index contributed by atoms with van der Waals surface area (Å²) in [5, 5.41) is 23.1. The van der Waals surface area contributed by atoms with E-state index in [4.69, 9.17) is 9.84 Å². The van der Waals surface area contributed by atoms with Gasteiger partial charge in [0.1, 0.15) is 11.6 Å². The minimum Gasteiger partial charge on any atom is -0.493 e. The summed E-state index contributed by atoms with van der Waals surface area (Å²) in [6, 6.07) is 16.9. The fraction of sp³-hybridized carbons (Fsp3) is 0.258. The number of rotatable bonds is 7. The van der Waals surface area contributed by atoms with Crippen molar-refractivity contribution in [1.82, 2.24) is 19.8 Å². The molecule has 5 rings (SSSR count). The Kier molecular flexibility index (Phi) is 7.57. The van der Waals surface area contributed by atoms with Crippen molar-refractivity contribution in [1.29, 1.82) is 0 Å². The number of nitrogens with zero attached hydrogens (tertiary/aromatic N) is 4. The van der Waals surface area contributed by atoms with Crippen LogP contribution >= 0.6 is 0 Å². The zero-order valence-electron chi connectivity index (χ0n) is 23.2. The lowest BCUT2D eigenvalue weighted by Gasteiger charge is -2.16. The Hall–Kier alpha value is -4.63. The SMILES string of the molecule is Cc1ccc(-n2nc(C(C)(C)C)cc2NC(=O)Nc2ccc(OCCC3=CCN(O)C=C3)c3ccccc23)cn1. The maximum atomic E-state index is 13.2. The molecule has 40 heavy (non-hydrogen) atoms. The van der Waals surface area contributed by atoms with Gasteiger partial charge in [0.05, 0.1) is 36.4 Å². The highest BCUT2D eigenvalue weighted by molar-refractivity contribution is 6.07. The molecule has 4 aromatic rings. The highest BCUT2D eigenvalue weighted by atomic mass is 16.5. The molecule has 0 unspecified atom stereocenters. The van der Waals surface area contributed by atoms with Crippen molar-refractivity contribution in [2.75, 3.05) is 23.8 Å². The highest BCUT2D eigenvalue weighted by Crippen LogP contribution is 2.32. The van der Waals surface area contributed by atoms with E-state index >= 15 is 0 Å². The number of pyridine rings is 1. The van der Waals surface area contributed by atoms with E-state index in [-0.39, 0.29) is 11.4 Å². The first-order valence-corrected chi connectivity index (χ1v) is 13.3. The molecule has 206 valence electrons. The van der Waals surface area contributed by atoms with Gasteiger partial charge in [-0.3, -0.25) is 20.6 Å². The fourth-order valence-electron chi connectivity index (χ4n) is 4.38. The third-order valence-electron chi connectivity index (χ3n) is 6.64. The number of aryl methyl sites for hydroxylation is 1. The molecule has 1 aliphatic rings. The topological polar surface area (TPSA) is 105 Å². The van der Waals surface area contributed by atoms with Gasteiger partial charge in [-0.15, -0.1) is 0 Å². The Morgan fingerprint density at radius 3 is 2.58 bits per heavy atom. The summed E-state index contributed by atoms with van der Waals surface area (Å²) in [5.74, 6) is 1.29. The molecule has 3 N–H and O–H groups in total. The number of urea groups is 1. The molecule has 0 bridgehead atoms. The largest absolute Gasteiger partial charge is 0.493 e. The number of aromatic nitrogens is 3. The van der Waals surface area contributed by atoms with Gasteiger partial charge in [-0.25, -0.2) is 9.48 Å². The lowest BCUT2D eigenvalue weighted by molar-refractivity contribution is -0.0307. The van der Waals surface area contributed by atoms with E-state index in [2.05, 4.69) is 36.4 Å². The van der Waals surface area contributed by atoms with Crippen LogP contribution in [0.3, 0.4) is 0 Å². The van der Waals surface area contributed by atoms with E-state index in [9.17, 15) is 10.0 Å². The summed E-state index contributed by atoms with van der Waals surface area (Å²) in [5.41, 5.74) is 4.09. The number of allylic oxidation sites excluding steroid dienone is 1. The van der Waals surface area contributed by atoms with Crippen LogP contribution < -0.4 is 15.4 Å². The normalized spacial score (nSPS) is 13.3. The number of nitrogens with one attached hydrogen (secondary N) is 2. The predicted molar refractivity (Wildman–Crippen MR) is 157 cm³/mol. The molecule has 0 saturated carbocycles. The Morgan fingerprint density at radius 2 is 1.88 bits per heavy atom. The number of hydrogen-bond donors (Lipinski definition) is 3. The van der Waals surface area contributed by atoms with Crippen LogP contribution in [0.5, 0.6) is 5.75 Å². The molecule has 0 fully saturated rings. The summed E-state index contributed by atoms with van der Waals surface area (Å²) in [7, 11) is 0. The fourth-order valence-corrected chi connectivity index (χ4v) is 4.38. The maximum absolute atomic E-state index is 13.2. The minimum atomic E-state index is -0.380. The molecule has 0 saturated heterocycles. The molecule has 9 heteroatoms.